The minimum absolute atomic E-state index is 0.201. The largest absolute Gasteiger partial charge is 0.493 e. The molecule has 2 aromatic carbocycles. The highest BCUT2D eigenvalue weighted by molar-refractivity contribution is 6.30. The van der Waals surface area contributed by atoms with Crippen LogP contribution in [-0.4, -0.2) is 33.3 Å². The van der Waals surface area contributed by atoms with E-state index in [0.29, 0.717) is 35.2 Å². The number of carbonyl (C=O) groups excluding carboxylic acids is 1. The fraction of sp³-hybridized carbons (Fsp3) is 0.278. The van der Waals surface area contributed by atoms with Crippen molar-refractivity contribution >= 4 is 17.5 Å². The van der Waals surface area contributed by atoms with E-state index in [4.69, 9.17) is 25.8 Å². The molecule has 6 heteroatoms. The topological polar surface area (TPSA) is 56.8 Å². The summed E-state index contributed by atoms with van der Waals surface area (Å²) >= 11 is 5.90. The molecule has 0 unspecified atom stereocenters. The predicted molar refractivity (Wildman–Crippen MR) is 93.6 cm³/mol. The number of hydrogen-bond acceptors (Lipinski definition) is 4. The van der Waals surface area contributed by atoms with Gasteiger partial charge in [0.1, 0.15) is 12.4 Å². The number of benzene rings is 2. The zero-order valence-electron chi connectivity index (χ0n) is 13.9. The van der Waals surface area contributed by atoms with Crippen molar-refractivity contribution in [2.75, 3.05) is 27.4 Å². The van der Waals surface area contributed by atoms with Gasteiger partial charge in [-0.1, -0.05) is 11.6 Å². The molecule has 5 nitrogen and oxygen atoms in total. The second-order valence-corrected chi connectivity index (χ2v) is 5.52. The highest BCUT2D eigenvalue weighted by Crippen LogP contribution is 2.27. The Balaban J connectivity index is 1.87. The molecule has 0 atom stereocenters. The summed E-state index contributed by atoms with van der Waals surface area (Å²) in [6, 6.07) is 10.4. The van der Waals surface area contributed by atoms with Gasteiger partial charge in [-0.25, -0.2) is 0 Å². The number of methoxy groups -OCH3 is 2. The van der Waals surface area contributed by atoms with Gasteiger partial charge in [0.05, 0.1) is 20.8 Å². The number of halogens is 1. The molecule has 0 aromatic heterocycles. The van der Waals surface area contributed by atoms with Crippen LogP contribution < -0.4 is 19.5 Å². The number of nitrogens with one attached hydrogen (secondary N) is 1. The molecule has 0 spiro atoms. The van der Waals surface area contributed by atoms with Gasteiger partial charge >= 0.3 is 0 Å². The van der Waals surface area contributed by atoms with Crippen LogP contribution in [0.15, 0.2) is 36.4 Å². The maximum Gasteiger partial charge on any atom is 0.251 e. The van der Waals surface area contributed by atoms with Gasteiger partial charge in [0.25, 0.3) is 5.91 Å². The van der Waals surface area contributed by atoms with Crippen LogP contribution in [0.25, 0.3) is 0 Å². The number of amides is 1. The van der Waals surface area contributed by atoms with Gasteiger partial charge in [-0.05, 0) is 48.9 Å². The Morgan fingerprint density at radius 1 is 1.04 bits per heavy atom. The molecule has 0 saturated heterocycles. The molecule has 24 heavy (non-hydrogen) atoms. The zero-order valence-corrected chi connectivity index (χ0v) is 14.6. The van der Waals surface area contributed by atoms with Crippen molar-refractivity contribution in [3.63, 3.8) is 0 Å². The molecule has 0 heterocycles. The highest BCUT2D eigenvalue weighted by Gasteiger charge is 2.10. The van der Waals surface area contributed by atoms with E-state index in [0.717, 1.165) is 11.3 Å². The van der Waals surface area contributed by atoms with Crippen LogP contribution in [0.2, 0.25) is 5.02 Å². The Morgan fingerprint density at radius 2 is 1.75 bits per heavy atom. The normalized spacial score (nSPS) is 10.2. The summed E-state index contributed by atoms with van der Waals surface area (Å²) in [5, 5.41) is 3.47. The van der Waals surface area contributed by atoms with Gasteiger partial charge in [0, 0.05) is 10.6 Å². The Kier molecular flexibility index (Phi) is 6.32. The van der Waals surface area contributed by atoms with E-state index in [1.807, 2.05) is 19.1 Å². The Bertz CT molecular complexity index is 718. The average Bonchev–Trinajstić information content (AvgIpc) is 2.59. The summed E-state index contributed by atoms with van der Waals surface area (Å²) in [6.45, 7) is 2.67. The molecule has 0 aliphatic carbocycles. The highest BCUT2D eigenvalue weighted by atomic mass is 35.5. The van der Waals surface area contributed by atoms with Crippen molar-refractivity contribution < 1.29 is 19.0 Å². The van der Waals surface area contributed by atoms with Crippen molar-refractivity contribution in [3.8, 4) is 17.2 Å². The van der Waals surface area contributed by atoms with Gasteiger partial charge in [0.15, 0.2) is 11.5 Å². The monoisotopic (exact) mass is 349 g/mol. The van der Waals surface area contributed by atoms with Crippen LogP contribution in [-0.2, 0) is 0 Å². The number of rotatable bonds is 7. The fourth-order valence-corrected chi connectivity index (χ4v) is 2.41. The third kappa shape index (κ3) is 4.55. The summed E-state index contributed by atoms with van der Waals surface area (Å²) in [7, 11) is 3.08. The standard InChI is InChI=1S/C18H20ClNO4/c1-12-10-14(19)5-7-15(12)24-9-8-20-18(21)13-4-6-16(22-2)17(11-13)23-3/h4-7,10-11H,8-9H2,1-3H3,(H,20,21). The van der Waals surface area contributed by atoms with Gasteiger partial charge in [-0.3, -0.25) is 4.79 Å². The zero-order chi connectivity index (χ0) is 17.5. The van der Waals surface area contributed by atoms with Crippen molar-refractivity contribution in [1.82, 2.24) is 5.32 Å². The van der Waals surface area contributed by atoms with E-state index in [1.165, 1.54) is 7.11 Å². The third-order valence-electron chi connectivity index (χ3n) is 3.43. The van der Waals surface area contributed by atoms with E-state index in [9.17, 15) is 4.79 Å². The summed E-state index contributed by atoms with van der Waals surface area (Å²) in [5.41, 5.74) is 1.45. The summed E-state index contributed by atoms with van der Waals surface area (Å²) in [6.07, 6.45) is 0. The third-order valence-corrected chi connectivity index (χ3v) is 3.66. The molecule has 0 aliphatic heterocycles. The minimum Gasteiger partial charge on any atom is -0.493 e. The maximum atomic E-state index is 12.2. The summed E-state index contributed by atoms with van der Waals surface area (Å²) in [4.78, 5) is 12.2. The molecule has 0 bridgehead atoms. The van der Waals surface area contributed by atoms with Gasteiger partial charge < -0.3 is 19.5 Å². The molecule has 1 amide bonds. The van der Waals surface area contributed by atoms with E-state index >= 15 is 0 Å². The molecule has 2 rings (SSSR count). The number of hydrogen-bond donors (Lipinski definition) is 1. The van der Waals surface area contributed by atoms with Gasteiger partial charge in [-0.2, -0.15) is 0 Å². The maximum absolute atomic E-state index is 12.2. The molecule has 0 radical (unpaired) electrons. The Hall–Kier alpha value is -2.40. The molecule has 2 aromatic rings. The van der Waals surface area contributed by atoms with Crippen LogP contribution in [0, 0.1) is 6.92 Å². The lowest BCUT2D eigenvalue weighted by Crippen LogP contribution is -2.28. The van der Waals surface area contributed by atoms with Crippen LogP contribution in [0.1, 0.15) is 15.9 Å². The minimum atomic E-state index is -0.201. The number of aryl methyl sites for hydroxylation is 1. The Labute approximate surface area is 146 Å². The van der Waals surface area contributed by atoms with Crippen molar-refractivity contribution in [2.45, 2.75) is 6.92 Å². The second-order valence-electron chi connectivity index (χ2n) is 5.08. The average molecular weight is 350 g/mol. The van der Waals surface area contributed by atoms with Crippen molar-refractivity contribution in [1.29, 1.82) is 0 Å². The molecule has 0 aliphatic rings. The molecular formula is C18H20ClNO4. The SMILES string of the molecule is COc1ccc(C(=O)NCCOc2ccc(Cl)cc2C)cc1OC. The van der Waals surface area contributed by atoms with E-state index in [1.54, 1.807) is 31.4 Å². The van der Waals surface area contributed by atoms with Gasteiger partial charge in [0.2, 0.25) is 0 Å². The first-order valence-electron chi connectivity index (χ1n) is 7.44. The smallest absolute Gasteiger partial charge is 0.251 e. The second kappa shape index (κ2) is 8.45. The first-order valence-corrected chi connectivity index (χ1v) is 7.82. The lowest BCUT2D eigenvalue weighted by atomic mass is 10.2. The summed E-state index contributed by atoms with van der Waals surface area (Å²) < 4.78 is 16.0. The van der Waals surface area contributed by atoms with E-state index in [-0.39, 0.29) is 5.91 Å². The van der Waals surface area contributed by atoms with Crippen LogP contribution in [0.3, 0.4) is 0 Å². The van der Waals surface area contributed by atoms with E-state index < -0.39 is 0 Å². The predicted octanol–water partition coefficient (Wildman–Crippen LogP) is 3.47. The Morgan fingerprint density at radius 3 is 2.42 bits per heavy atom. The first-order chi connectivity index (χ1) is 11.5. The lowest BCUT2D eigenvalue weighted by Gasteiger charge is -2.11. The molecular weight excluding hydrogens is 330 g/mol. The lowest BCUT2D eigenvalue weighted by molar-refractivity contribution is 0.0946. The van der Waals surface area contributed by atoms with Crippen LogP contribution >= 0.6 is 11.6 Å². The molecule has 0 fully saturated rings. The fourth-order valence-electron chi connectivity index (χ4n) is 2.18. The molecule has 128 valence electrons. The van der Waals surface area contributed by atoms with Gasteiger partial charge in [-0.15, -0.1) is 0 Å². The molecule has 1 N–H and O–H groups in total. The van der Waals surface area contributed by atoms with Crippen molar-refractivity contribution in [3.05, 3.63) is 52.5 Å². The number of carbonyl (C=O) groups is 1. The van der Waals surface area contributed by atoms with Crippen LogP contribution in [0.5, 0.6) is 17.2 Å². The van der Waals surface area contributed by atoms with E-state index in [2.05, 4.69) is 5.32 Å². The van der Waals surface area contributed by atoms with Crippen molar-refractivity contribution in [2.24, 2.45) is 0 Å². The summed E-state index contributed by atoms with van der Waals surface area (Å²) in [5.74, 6) is 1.64. The molecule has 0 saturated carbocycles. The number of ether oxygens (including phenoxy) is 3. The van der Waals surface area contributed by atoms with Crippen LogP contribution in [0.4, 0.5) is 0 Å². The quantitative estimate of drug-likeness (QED) is 0.777. The first kappa shape index (κ1) is 17.9.